The molecule has 1 aromatic rings. The highest BCUT2D eigenvalue weighted by Crippen LogP contribution is 2.44. The van der Waals surface area contributed by atoms with Gasteiger partial charge in [-0.2, -0.15) is 0 Å². The topological polar surface area (TPSA) is 85.4 Å². The smallest absolute Gasteiger partial charge is 0.395 e. The molecular formula is C12H14N2O4. The van der Waals surface area contributed by atoms with Crippen molar-refractivity contribution in [2.45, 2.75) is 31.7 Å². The van der Waals surface area contributed by atoms with Crippen molar-refractivity contribution in [1.29, 1.82) is 0 Å². The number of hydrogen-bond donors (Lipinski definition) is 1. The monoisotopic (exact) mass is 250 g/mol. The minimum Gasteiger partial charge on any atom is -0.395 e. The van der Waals surface area contributed by atoms with Crippen LogP contribution in [0.3, 0.4) is 0 Å². The van der Waals surface area contributed by atoms with E-state index in [1.807, 2.05) is 0 Å². The van der Waals surface area contributed by atoms with Crippen LogP contribution >= 0.6 is 0 Å². The van der Waals surface area contributed by atoms with Crippen molar-refractivity contribution in [3.63, 3.8) is 0 Å². The van der Waals surface area contributed by atoms with Gasteiger partial charge >= 0.3 is 5.88 Å². The Bertz CT molecular complexity index is 476. The van der Waals surface area contributed by atoms with Crippen LogP contribution in [0.2, 0.25) is 0 Å². The van der Waals surface area contributed by atoms with Gasteiger partial charge in [-0.15, -0.1) is 0 Å². The molecule has 6 heteroatoms. The van der Waals surface area contributed by atoms with Crippen LogP contribution in [0, 0.1) is 22.0 Å². The van der Waals surface area contributed by atoms with Crippen LogP contribution in [0.5, 0.6) is 0 Å². The van der Waals surface area contributed by atoms with E-state index >= 15 is 0 Å². The van der Waals surface area contributed by atoms with Crippen LogP contribution in [-0.4, -0.2) is 16.9 Å². The average Bonchev–Trinajstić information content (AvgIpc) is 3.24. The highest BCUT2D eigenvalue weighted by atomic mass is 16.6. The molecule has 2 fully saturated rings. The Balaban J connectivity index is 1.67. The fourth-order valence-corrected chi connectivity index (χ4v) is 2.30. The Labute approximate surface area is 103 Å². The number of amides is 1. The minimum absolute atomic E-state index is 0.0213. The van der Waals surface area contributed by atoms with Crippen LogP contribution in [0.1, 0.15) is 36.2 Å². The Morgan fingerprint density at radius 2 is 1.94 bits per heavy atom. The number of carbonyl (C=O) groups excluding carboxylic acids is 1. The SMILES string of the molecule is O=C(NC(C1CC1)C1CC1)c1ccc([N+](=O)[O-])o1. The molecule has 1 N–H and O–H groups in total. The zero-order chi connectivity index (χ0) is 12.7. The third-order valence-corrected chi connectivity index (χ3v) is 3.55. The lowest BCUT2D eigenvalue weighted by Crippen LogP contribution is -2.37. The predicted octanol–water partition coefficient (Wildman–Crippen LogP) is 2.11. The van der Waals surface area contributed by atoms with E-state index in [2.05, 4.69) is 5.32 Å². The van der Waals surface area contributed by atoms with Gasteiger partial charge in [-0.1, -0.05) is 0 Å². The highest BCUT2D eigenvalue weighted by Gasteiger charge is 2.42. The fraction of sp³-hybridized carbons (Fsp3) is 0.583. The van der Waals surface area contributed by atoms with Gasteiger partial charge in [-0.05, 0) is 43.6 Å². The summed E-state index contributed by atoms with van der Waals surface area (Å²) in [5.41, 5.74) is 0. The van der Waals surface area contributed by atoms with E-state index in [4.69, 9.17) is 4.42 Å². The zero-order valence-electron chi connectivity index (χ0n) is 9.80. The molecule has 0 aromatic carbocycles. The predicted molar refractivity (Wildman–Crippen MR) is 62.1 cm³/mol. The zero-order valence-corrected chi connectivity index (χ0v) is 9.80. The van der Waals surface area contributed by atoms with Crippen molar-refractivity contribution < 1.29 is 14.1 Å². The summed E-state index contributed by atoms with van der Waals surface area (Å²) in [6.07, 6.45) is 4.67. The van der Waals surface area contributed by atoms with Gasteiger partial charge in [0.1, 0.15) is 4.92 Å². The van der Waals surface area contributed by atoms with E-state index in [0.29, 0.717) is 11.8 Å². The Hall–Kier alpha value is -1.85. The molecule has 0 saturated heterocycles. The summed E-state index contributed by atoms with van der Waals surface area (Å²) in [6.45, 7) is 0. The van der Waals surface area contributed by atoms with E-state index in [9.17, 15) is 14.9 Å². The van der Waals surface area contributed by atoms with Crippen molar-refractivity contribution in [3.05, 3.63) is 28.0 Å². The van der Waals surface area contributed by atoms with Gasteiger partial charge in [0.15, 0.2) is 5.76 Å². The number of rotatable bonds is 5. The van der Waals surface area contributed by atoms with E-state index in [1.54, 1.807) is 0 Å². The molecule has 6 nitrogen and oxygen atoms in total. The first-order chi connectivity index (χ1) is 8.65. The van der Waals surface area contributed by atoms with Crippen LogP contribution in [0.25, 0.3) is 0 Å². The molecule has 0 radical (unpaired) electrons. The second kappa shape index (κ2) is 4.12. The van der Waals surface area contributed by atoms with Crippen LogP contribution in [0.4, 0.5) is 5.88 Å². The summed E-state index contributed by atoms with van der Waals surface area (Å²) in [6, 6.07) is 2.78. The molecule has 0 unspecified atom stereocenters. The molecule has 0 bridgehead atoms. The molecule has 2 saturated carbocycles. The van der Waals surface area contributed by atoms with Gasteiger partial charge in [0.25, 0.3) is 5.91 Å². The summed E-state index contributed by atoms with van der Waals surface area (Å²) in [7, 11) is 0. The summed E-state index contributed by atoms with van der Waals surface area (Å²) < 4.78 is 4.90. The largest absolute Gasteiger partial charge is 0.433 e. The summed E-state index contributed by atoms with van der Waals surface area (Å²) in [5, 5.41) is 13.4. The maximum Gasteiger partial charge on any atom is 0.433 e. The molecule has 1 heterocycles. The van der Waals surface area contributed by atoms with Gasteiger partial charge in [0.05, 0.1) is 6.07 Å². The molecule has 3 rings (SSSR count). The molecule has 2 aliphatic carbocycles. The normalized spacial score (nSPS) is 18.9. The molecule has 18 heavy (non-hydrogen) atoms. The van der Waals surface area contributed by atoms with Crippen LogP contribution in [0.15, 0.2) is 16.5 Å². The van der Waals surface area contributed by atoms with E-state index in [0.717, 1.165) is 0 Å². The van der Waals surface area contributed by atoms with Gasteiger partial charge in [-0.3, -0.25) is 14.9 Å². The Morgan fingerprint density at radius 3 is 2.39 bits per heavy atom. The third-order valence-electron chi connectivity index (χ3n) is 3.55. The number of furan rings is 1. The van der Waals surface area contributed by atoms with Gasteiger partial charge in [-0.25, -0.2) is 0 Å². The van der Waals surface area contributed by atoms with Gasteiger partial charge < -0.3 is 9.73 Å². The fourth-order valence-electron chi connectivity index (χ4n) is 2.30. The summed E-state index contributed by atoms with van der Waals surface area (Å²) in [4.78, 5) is 21.8. The summed E-state index contributed by atoms with van der Waals surface area (Å²) in [5.74, 6) is 0.465. The van der Waals surface area contributed by atoms with Crippen molar-refractivity contribution >= 4 is 11.8 Å². The number of carbonyl (C=O) groups is 1. The van der Waals surface area contributed by atoms with E-state index < -0.39 is 10.8 Å². The Morgan fingerprint density at radius 1 is 1.33 bits per heavy atom. The van der Waals surface area contributed by atoms with Crippen molar-refractivity contribution in [2.75, 3.05) is 0 Å². The van der Waals surface area contributed by atoms with Gasteiger partial charge in [0, 0.05) is 6.04 Å². The second-order valence-electron chi connectivity index (χ2n) is 5.07. The van der Waals surface area contributed by atoms with Crippen molar-refractivity contribution in [2.24, 2.45) is 11.8 Å². The standard InChI is InChI=1S/C12H14N2O4/c15-12(9-5-6-10(18-9)14(16)17)13-11(7-1-2-7)8-3-4-8/h5-8,11H,1-4H2,(H,13,15). The first-order valence-electron chi connectivity index (χ1n) is 6.20. The lowest BCUT2D eigenvalue weighted by molar-refractivity contribution is -0.402. The summed E-state index contributed by atoms with van der Waals surface area (Å²) >= 11 is 0. The molecule has 96 valence electrons. The van der Waals surface area contributed by atoms with E-state index in [-0.39, 0.29) is 17.7 Å². The average molecular weight is 250 g/mol. The number of nitrogens with zero attached hydrogens (tertiary/aromatic N) is 1. The quantitative estimate of drug-likeness (QED) is 0.640. The number of nitro groups is 1. The Kier molecular flexibility index (Phi) is 2.57. The molecule has 0 aliphatic heterocycles. The number of hydrogen-bond acceptors (Lipinski definition) is 4. The lowest BCUT2D eigenvalue weighted by Gasteiger charge is -2.16. The lowest BCUT2D eigenvalue weighted by atomic mass is 10.1. The van der Waals surface area contributed by atoms with Crippen LogP contribution in [-0.2, 0) is 0 Å². The molecule has 1 amide bonds. The molecule has 2 aliphatic rings. The first-order valence-corrected chi connectivity index (χ1v) is 6.20. The van der Waals surface area contributed by atoms with Crippen molar-refractivity contribution in [1.82, 2.24) is 5.32 Å². The van der Waals surface area contributed by atoms with Crippen molar-refractivity contribution in [3.8, 4) is 0 Å². The first kappa shape index (κ1) is 11.3. The second-order valence-corrected chi connectivity index (χ2v) is 5.07. The van der Waals surface area contributed by atoms with Crippen LogP contribution < -0.4 is 5.32 Å². The maximum atomic E-state index is 11.9. The molecule has 0 atom stereocenters. The molecule has 1 aromatic heterocycles. The molecule has 0 spiro atoms. The van der Waals surface area contributed by atoms with Gasteiger partial charge in [0.2, 0.25) is 0 Å². The minimum atomic E-state index is -0.643. The highest BCUT2D eigenvalue weighted by molar-refractivity contribution is 5.92. The number of nitrogens with one attached hydrogen (secondary N) is 1. The maximum absolute atomic E-state index is 11.9. The third kappa shape index (κ3) is 2.23. The van der Waals surface area contributed by atoms with E-state index in [1.165, 1.54) is 37.8 Å². The molecular weight excluding hydrogens is 236 g/mol.